The van der Waals surface area contributed by atoms with Gasteiger partial charge in [-0.15, -0.1) is 0 Å². The fourth-order valence-corrected chi connectivity index (χ4v) is 5.25. The fraction of sp³-hybridized carbons (Fsp3) is 0.588. The van der Waals surface area contributed by atoms with Gasteiger partial charge in [0.25, 0.3) is 0 Å². The molecule has 1 fully saturated rings. The summed E-state index contributed by atoms with van der Waals surface area (Å²) in [6, 6.07) is 0. The Labute approximate surface area is 159 Å². The highest BCUT2D eigenvalue weighted by Gasteiger charge is 2.35. The van der Waals surface area contributed by atoms with Crippen molar-refractivity contribution in [2.24, 2.45) is 0 Å². The molecule has 10 heteroatoms. The minimum Gasteiger partial charge on any atom is -0.480 e. The molecule has 0 radical (unpaired) electrons. The highest BCUT2D eigenvalue weighted by Crippen LogP contribution is 2.27. The Morgan fingerprint density at radius 2 is 2.00 bits per heavy atom. The third kappa shape index (κ3) is 3.91. The Bertz CT molecular complexity index is 912. The van der Waals surface area contributed by atoms with Crippen molar-refractivity contribution in [1.29, 1.82) is 0 Å². The van der Waals surface area contributed by atoms with Crippen LogP contribution in [0.25, 0.3) is 0 Å². The summed E-state index contributed by atoms with van der Waals surface area (Å²) >= 11 is 0. The summed E-state index contributed by atoms with van der Waals surface area (Å²) in [4.78, 5) is 8.50. The van der Waals surface area contributed by atoms with Crippen LogP contribution in [0.15, 0.2) is 17.3 Å². The van der Waals surface area contributed by atoms with Crippen LogP contribution in [-0.4, -0.2) is 58.8 Å². The third-order valence-electron chi connectivity index (χ3n) is 4.64. The monoisotopic (exact) mass is 395 g/mol. The van der Waals surface area contributed by atoms with Crippen molar-refractivity contribution in [1.82, 2.24) is 24.1 Å². The van der Waals surface area contributed by atoms with Gasteiger partial charge in [0.05, 0.1) is 37.4 Å². The van der Waals surface area contributed by atoms with Gasteiger partial charge in [-0.05, 0) is 33.6 Å². The second-order valence-corrected chi connectivity index (χ2v) is 8.34. The van der Waals surface area contributed by atoms with E-state index in [0.29, 0.717) is 47.6 Å². The molecule has 0 aromatic carbocycles. The SMILES string of the molecule is CCn1nc(C)c(S(=O)(=O)N2CCC[C@H](Oc3cncc(OC)n3)C2)c1C. The molecular formula is C17H25N5O4S. The first-order valence-corrected chi connectivity index (χ1v) is 10.4. The molecule has 0 saturated carbocycles. The molecule has 2 aromatic heterocycles. The van der Waals surface area contributed by atoms with Crippen LogP contribution in [0.3, 0.4) is 0 Å². The number of hydrogen-bond donors (Lipinski definition) is 0. The van der Waals surface area contributed by atoms with Crippen molar-refractivity contribution in [3.05, 3.63) is 23.8 Å². The van der Waals surface area contributed by atoms with Crippen LogP contribution in [0, 0.1) is 13.8 Å². The lowest BCUT2D eigenvalue weighted by molar-refractivity contribution is 0.123. The molecule has 0 spiro atoms. The van der Waals surface area contributed by atoms with E-state index in [2.05, 4.69) is 15.1 Å². The number of hydrogen-bond acceptors (Lipinski definition) is 7. The highest BCUT2D eigenvalue weighted by atomic mass is 32.2. The van der Waals surface area contributed by atoms with Crippen LogP contribution in [0.1, 0.15) is 31.2 Å². The summed E-state index contributed by atoms with van der Waals surface area (Å²) in [5.41, 5.74) is 1.19. The zero-order valence-corrected chi connectivity index (χ0v) is 16.9. The maximum Gasteiger partial charge on any atom is 0.246 e. The molecule has 0 amide bonds. The molecular weight excluding hydrogens is 370 g/mol. The first-order valence-electron chi connectivity index (χ1n) is 8.93. The van der Waals surface area contributed by atoms with Gasteiger partial charge in [-0.1, -0.05) is 0 Å². The van der Waals surface area contributed by atoms with Crippen LogP contribution < -0.4 is 9.47 Å². The van der Waals surface area contributed by atoms with E-state index in [1.165, 1.54) is 23.8 Å². The van der Waals surface area contributed by atoms with E-state index in [4.69, 9.17) is 9.47 Å². The van der Waals surface area contributed by atoms with Gasteiger partial charge in [-0.25, -0.2) is 8.42 Å². The second-order valence-electron chi connectivity index (χ2n) is 6.46. The number of nitrogens with zero attached hydrogens (tertiary/aromatic N) is 5. The van der Waals surface area contributed by atoms with E-state index in [1.807, 2.05) is 6.92 Å². The molecule has 2 aromatic rings. The van der Waals surface area contributed by atoms with Gasteiger partial charge < -0.3 is 9.47 Å². The Balaban J connectivity index is 1.80. The van der Waals surface area contributed by atoms with Crippen LogP contribution in [0.5, 0.6) is 11.8 Å². The number of piperidine rings is 1. The average molecular weight is 395 g/mol. The zero-order valence-electron chi connectivity index (χ0n) is 16.0. The number of aryl methyl sites for hydroxylation is 2. The summed E-state index contributed by atoms with van der Waals surface area (Å²) < 4.78 is 40.6. The molecule has 0 N–H and O–H groups in total. The number of aromatic nitrogens is 4. The molecule has 148 valence electrons. The highest BCUT2D eigenvalue weighted by molar-refractivity contribution is 7.89. The smallest absolute Gasteiger partial charge is 0.246 e. The van der Waals surface area contributed by atoms with Crippen molar-refractivity contribution in [3.63, 3.8) is 0 Å². The Morgan fingerprint density at radius 1 is 1.26 bits per heavy atom. The fourth-order valence-electron chi connectivity index (χ4n) is 3.37. The van der Waals surface area contributed by atoms with E-state index in [0.717, 1.165) is 6.42 Å². The first kappa shape index (κ1) is 19.6. The van der Waals surface area contributed by atoms with Crippen LogP contribution in [0.2, 0.25) is 0 Å². The van der Waals surface area contributed by atoms with E-state index >= 15 is 0 Å². The van der Waals surface area contributed by atoms with Crippen molar-refractivity contribution in [2.45, 2.75) is 51.2 Å². The van der Waals surface area contributed by atoms with Gasteiger partial charge in [-0.3, -0.25) is 9.67 Å². The maximum atomic E-state index is 13.2. The lowest BCUT2D eigenvalue weighted by Gasteiger charge is -2.31. The molecule has 27 heavy (non-hydrogen) atoms. The normalized spacial score (nSPS) is 18.4. The van der Waals surface area contributed by atoms with Crippen molar-refractivity contribution in [3.8, 4) is 11.8 Å². The Kier molecular flexibility index (Phi) is 5.66. The lowest BCUT2D eigenvalue weighted by atomic mass is 10.1. The van der Waals surface area contributed by atoms with Crippen molar-refractivity contribution >= 4 is 10.0 Å². The molecule has 9 nitrogen and oxygen atoms in total. The van der Waals surface area contributed by atoms with Gasteiger partial charge in [0.1, 0.15) is 11.0 Å². The molecule has 1 aliphatic heterocycles. The largest absolute Gasteiger partial charge is 0.480 e. The van der Waals surface area contributed by atoms with E-state index in [9.17, 15) is 8.42 Å². The van der Waals surface area contributed by atoms with Gasteiger partial charge in [-0.2, -0.15) is 14.4 Å². The zero-order chi connectivity index (χ0) is 19.6. The predicted molar refractivity (Wildman–Crippen MR) is 98.4 cm³/mol. The maximum absolute atomic E-state index is 13.2. The molecule has 3 rings (SSSR count). The van der Waals surface area contributed by atoms with Gasteiger partial charge in [0.2, 0.25) is 21.8 Å². The third-order valence-corrected chi connectivity index (χ3v) is 6.76. The molecule has 1 aliphatic rings. The van der Waals surface area contributed by atoms with Gasteiger partial charge in [0, 0.05) is 13.1 Å². The standard InChI is InChI=1S/C17H25N5O4S/c1-5-22-13(3)17(12(2)20-22)27(23,24)21-8-6-7-14(11-21)26-16-10-18-9-15(19-16)25-4/h9-10,14H,5-8,11H2,1-4H3/t14-/m0/s1. The van der Waals surface area contributed by atoms with Crippen LogP contribution >= 0.6 is 0 Å². The number of sulfonamides is 1. The van der Waals surface area contributed by atoms with E-state index in [1.54, 1.807) is 18.5 Å². The number of ether oxygens (including phenoxy) is 2. The molecule has 0 aliphatic carbocycles. The van der Waals surface area contributed by atoms with Crippen molar-refractivity contribution < 1.29 is 17.9 Å². The molecule has 3 heterocycles. The predicted octanol–water partition coefficient (Wildman–Crippen LogP) is 1.55. The molecule has 0 unspecified atom stereocenters. The van der Waals surface area contributed by atoms with E-state index < -0.39 is 10.0 Å². The summed E-state index contributed by atoms with van der Waals surface area (Å²) in [5.74, 6) is 0.677. The summed E-state index contributed by atoms with van der Waals surface area (Å²) in [5, 5.41) is 4.34. The summed E-state index contributed by atoms with van der Waals surface area (Å²) in [6.07, 6.45) is 4.15. The lowest BCUT2D eigenvalue weighted by Crippen LogP contribution is -2.44. The topological polar surface area (TPSA) is 99.4 Å². The summed E-state index contributed by atoms with van der Waals surface area (Å²) in [7, 11) is -2.14. The quantitative estimate of drug-likeness (QED) is 0.731. The van der Waals surface area contributed by atoms with Crippen molar-refractivity contribution in [2.75, 3.05) is 20.2 Å². The van der Waals surface area contributed by atoms with Crippen LogP contribution in [0.4, 0.5) is 0 Å². The minimum atomic E-state index is -3.64. The number of rotatable bonds is 6. The second kappa shape index (κ2) is 7.81. The van der Waals surface area contributed by atoms with E-state index in [-0.39, 0.29) is 12.6 Å². The molecule has 1 atom stereocenters. The number of methoxy groups -OCH3 is 1. The molecule has 1 saturated heterocycles. The average Bonchev–Trinajstić information content (AvgIpc) is 2.96. The minimum absolute atomic E-state index is 0.261. The first-order chi connectivity index (χ1) is 12.9. The molecule has 0 bridgehead atoms. The summed E-state index contributed by atoms with van der Waals surface area (Å²) in [6.45, 7) is 6.81. The van der Waals surface area contributed by atoms with Crippen LogP contribution in [-0.2, 0) is 16.6 Å². The Morgan fingerprint density at radius 3 is 2.67 bits per heavy atom. The van der Waals surface area contributed by atoms with Gasteiger partial charge >= 0.3 is 0 Å². The van der Waals surface area contributed by atoms with Gasteiger partial charge in [0.15, 0.2) is 0 Å². The Hall–Kier alpha value is -2.20.